The lowest BCUT2D eigenvalue weighted by Crippen LogP contribution is -2.10. The lowest BCUT2D eigenvalue weighted by atomic mass is 10.2. The van der Waals surface area contributed by atoms with Crippen LogP contribution in [0.1, 0.15) is 36.8 Å². The second kappa shape index (κ2) is 6.34. The highest BCUT2D eigenvalue weighted by molar-refractivity contribution is 7.15. The molecule has 1 amide bonds. The number of aryl methyl sites for hydroxylation is 2. The van der Waals surface area contributed by atoms with E-state index in [1.54, 1.807) is 0 Å². The molecule has 94 valence electrons. The van der Waals surface area contributed by atoms with Gasteiger partial charge in [-0.2, -0.15) is 0 Å². The van der Waals surface area contributed by atoms with Crippen molar-refractivity contribution in [3.05, 3.63) is 10.6 Å². The van der Waals surface area contributed by atoms with Gasteiger partial charge in [-0.1, -0.05) is 6.92 Å². The van der Waals surface area contributed by atoms with E-state index in [0.29, 0.717) is 18.0 Å². The molecule has 0 aliphatic rings. The van der Waals surface area contributed by atoms with Gasteiger partial charge < -0.3 is 10.4 Å². The molecule has 0 unspecified atom stereocenters. The first kappa shape index (κ1) is 13.6. The van der Waals surface area contributed by atoms with E-state index in [9.17, 15) is 9.59 Å². The van der Waals surface area contributed by atoms with Crippen LogP contribution in [-0.4, -0.2) is 22.0 Å². The molecule has 2 N–H and O–H groups in total. The highest BCUT2D eigenvalue weighted by Gasteiger charge is 2.11. The van der Waals surface area contributed by atoms with Crippen molar-refractivity contribution in [3.63, 3.8) is 0 Å². The van der Waals surface area contributed by atoms with Crippen LogP contribution in [0.15, 0.2) is 0 Å². The zero-order valence-electron chi connectivity index (χ0n) is 9.95. The highest BCUT2D eigenvalue weighted by atomic mass is 32.1. The van der Waals surface area contributed by atoms with Crippen LogP contribution >= 0.6 is 11.3 Å². The summed E-state index contributed by atoms with van der Waals surface area (Å²) < 4.78 is 0. The summed E-state index contributed by atoms with van der Waals surface area (Å²) in [5.41, 5.74) is 0.794. The third kappa shape index (κ3) is 4.52. The van der Waals surface area contributed by atoms with E-state index in [4.69, 9.17) is 5.11 Å². The lowest BCUT2D eigenvalue weighted by molar-refractivity contribution is -0.136. The number of carboxylic acids is 1. The smallest absolute Gasteiger partial charge is 0.303 e. The maximum absolute atomic E-state index is 11.4. The van der Waals surface area contributed by atoms with Gasteiger partial charge in [-0.3, -0.25) is 9.59 Å². The molecule has 0 spiro atoms. The first-order valence-corrected chi connectivity index (χ1v) is 6.32. The number of carbonyl (C=O) groups excluding carboxylic acids is 1. The number of nitrogens with one attached hydrogen (secondary N) is 1. The van der Waals surface area contributed by atoms with Crippen LogP contribution < -0.4 is 5.32 Å². The van der Waals surface area contributed by atoms with Gasteiger partial charge >= 0.3 is 5.97 Å². The Hall–Kier alpha value is -1.43. The molecule has 0 saturated carbocycles. The van der Waals surface area contributed by atoms with E-state index in [0.717, 1.165) is 17.0 Å². The normalized spacial score (nSPS) is 10.2. The molecule has 0 bridgehead atoms. The minimum absolute atomic E-state index is 0.0500. The van der Waals surface area contributed by atoms with E-state index < -0.39 is 5.97 Å². The number of amides is 1. The molecule has 1 heterocycles. The van der Waals surface area contributed by atoms with Crippen LogP contribution in [0.3, 0.4) is 0 Å². The third-order valence-electron chi connectivity index (χ3n) is 2.18. The summed E-state index contributed by atoms with van der Waals surface area (Å²) >= 11 is 1.35. The van der Waals surface area contributed by atoms with Crippen LogP contribution in [-0.2, 0) is 16.0 Å². The van der Waals surface area contributed by atoms with Gasteiger partial charge in [-0.25, -0.2) is 4.98 Å². The van der Waals surface area contributed by atoms with Crippen molar-refractivity contribution in [1.29, 1.82) is 0 Å². The summed E-state index contributed by atoms with van der Waals surface area (Å²) in [5, 5.41) is 11.9. The van der Waals surface area contributed by atoms with Crippen LogP contribution in [0.2, 0.25) is 0 Å². The monoisotopic (exact) mass is 256 g/mol. The van der Waals surface area contributed by atoms with Gasteiger partial charge in [0.2, 0.25) is 5.91 Å². The molecule has 0 saturated heterocycles. The van der Waals surface area contributed by atoms with E-state index in [1.165, 1.54) is 11.3 Å². The number of hydrogen-bond donors (Lipinski definition) is 2. The molecule has 0 atom stereocenters. The number of carbonyl (C=O) groups is 2. The molecule has 1 aromatic rings. The SMILES string of the molecule is CCCC(=O)Nc1nc(C)c(CCC(=O)O)s1. The van der Waals surface area contributed by atoms with Crippen LogP contribution in [0.5, 0.6) is 0 Å². The van der Waals surface area contributed by atoms with Gasteiger partial charge in [-0.15, -0.1) is 11.3 Å². The number of hydrogen-bond acceptors (Lipinski definition) is 4. The Morgan fingerprint density at radius 3 is 2.71 bits per heavy atom. The number of aromatic nitrogens is 1. The predicted molar refractivity (Wildman–Crippen MR) is 66.3 cm³/mol. The van der Waals surface area contributed by atoms with Gasteiger partial charge in [-0.05, 0) is 19.8 Å². The van der Waals surface area contributed by atoms with E-state index in [2.05, 4.69) is 10.3 Å². The van der Waals surface area contributed by atoms with Gasteiger partial charge in [0.1, 0.15) is 0 Å². The molecule has 1 aromatic heterocycles. The van der Waals surface area contributed by atoms with E-state index in [1.807, 2.05) is 13.8 Å². The Bertz CT molecular complexity index is 415. The van der Waals surface area contributed by atoms with Crippen LogP contribution in [0, 0.1) is 6.92 Å². The zero-order valence-corrected chi connectivity index (χ0v) is 10.8. The lowest BCUT2D eigenvalue weighted by Gasteiger charge is -1.97. The number of nitrogens with zero attached hydrogens (tertiary/aromatic N) is 1. The van der Waals surface area contributed by atoms with Gasteiger partial charge in [0.15, 0.2) is 5.13 Å². The van der Waals surface area contributed by atoms with Crippen molar-refractivity contribution in [2.45, 2.75) is 39.5 Å². The second-order valence-corrected chi connectivity index (χ2v) is 4.80. The Balaban J connectivity index is 2.61. The number of rotatable bonds is 6. The summed E-state index contributed by atoms with van der Waals surface area (Å²) in [4.78, 5) is 26.9. The molecule has 0 radical (unpaired) electrons. The van der Waals surface area contributed by atoms with Crippen molar-refractivity contribution in [2.24, 2.45) is 0 Å². The number of thiazole rings is 1. The average molecular weight is 256 g/mol. The van der Waals surface area contributed by atoms with Crippen molar-refractivity contribution in [1.82, 2.24) is 4.98 Å². The standard InChI is InChI=1S/C11H16N2O3S/c1-3-4-9(14)13-11-12-7(2)8(17-11)5-6-10(15)16/h3-6H2,1-2H3,(H,15,16)(H,12,13,14). The fourth-order valence-electron chi connectivity index (χ4n) is 1.34. The van der Waals surface area contributed by atoms with E-state index in [-0.39, 0.29) is 12.3 Å². The van der Waals surface area contributed by atoms with Crippen LogP contribution in [0.25, 0.3) is 0 Å². The maximum Gasteiger partial charge on any atom is 0.303 e. The minimum Gasteiger partial charge on any atom is -0.481 e. The topological polar surface area (TPSA) is 79.3 Å². The van der Waals surface area contributed by atoms with Gasteiger partial charge in [0.05, 0.1) is 12.1 Å². The maximum atomic E-state index is 11.4. The molecule has 0 aromatic carbocycles. The Morgan fingerprint density at radius 2 is 2.12 bits per heavy atom. The summed E-state index contributed by atoms with van der Waals surface area (Å²) in [6.07, 6.45) is 1.82. The zero-order chi connectivity index (χ0) is 12.8. The summed E-state index contributed by atoms with van der Waals surface area (Å²) in [7, 11) is 0. The first-order valence-electron chi connectivity index (χ1n) is 5.51. The molecule has 0 aliphatic carbocycles. The average Bonchev–Trinajstić information content (AvgIpc) is 2.56. The van der Waals surface area contributed by atoms with Crippen LogP contribution in [0.4, 0.5) is 5.13 Å². The van der Waals surface area contributed by atoms with Crippen molar-refractivity contribution >= 4 is 28.3 Å². The number of aliphatic carboxylic acids is 1. The molecular formula is C11H16N2O3S. The van der Waals surface area contributed by atoms with E-state index >= 15 is 0 Å². The van der Waals surface area contributed by atoms with Gasteiger partial charge in [0, 0.05) is 11.3 Å². The number of anilines is 1. The highest BCUT2D eigenvalue weighted by Crippen LogP contribution is 2.23. The largest absolute Gasteiger partial charge is 0.481 e. The van der Waals surface area contributed by atoms with Crippen molar-refractivity contribution in [2.75, 3.05) is 5.32 Å². The minimum atomic E-state index is -0.825. The summed E-state index contributed by atoms with van der Waals surface area (Å²) in [6.45, 7) is 3.76. The van der Waals surface area contributed by atoms with Crippen molar-refractivity contribution in [3.8, 4) is 0 Å². The molecular weight excluding hydrogens is 240 g/mol. The quantitative estimate of drug-likeness (QED) is 0.817. The molecule has 1 rings (SSSR count). The van der Waals surface area contributed by atoms with Crippen molar-refractivity contribution < 1.29 is 14.7 Å². The summed E-state index contributed by atoms with van der Waals surface area (Å²) in [5.74, 6) is -0.875. The Kier molecular flexibility index (Phi) is 5.09. The Labute approximate surface area is 104 Å². The first-order chi connectivity index (χ1) is 8.02. The summed E-state index contributed by atoms with van der Waals surface area (Å²) in [6, 6.07) is 0. The fraction of sp³-hybridized carbons (Fsp3) is 0.545. The molecule has 5 nitrogen and oxygen atoms in total. The molecule has 6 heteroatoms. The fourth-order valence-corrected chi connectivity index (χ4v) is 2.32. The third-order valence-corrected chi connectivity index (χ3v) is 3.31. The predicted octanol–water partition coefficient (Wildman–Crippen LogP) is 2.21. The second-order valence-electron chi connectivity index (χ2n) is 3.72. The number of carboxylic acid groups (broad SMARTS) is 1. The Morgan fingerprint density at radius 1 is 1.41 bits per heavy atom. The molecule has 17 heavy (non-hydrogen) atoms. The molecule has 0 fully saturated rings. The van der Waals surface area contributed by atoms with Gasteiger partial charge in [0.25, 0.3) is 0 Å². The molecule has 0 aliphatic heterocycles.